The number of hydrogen-bond acceptors (Lipinski definition) is 3. The number of hydrogen-bond donors (Lipinski definition) is 1. The fourth-order valence-electron chi connectivity index (χ4n) is 2.07. The molecule has 0 spiro atoms. The van der Waals surface area contributed by atoms with Crippen LogP contribution < -0.4 is 5.32 Å². The number of rotatable bonds is 5. The molecule has 0 aliphatic heterocycles. The Morgan fingerprint density at radius 2 is 1.68 bits per heavy atom. The first-order valence-electron chi connectivity index (χ1n) is 7.20. The smallest absolute Gasteiger partial charge is 0.414 e. The average molecular weight is 297 g/mol. The maximum absolute atomic E-state index is 11.7. The second kappa shape index (κ2) is 7.98. The Balaban J connectivity index is 1.72. The Morgan fingerprint density at radius 3 is 2.41 bits per heavy atom. The van der Waals surface area contributed by atoms with Gasteiger partial charge in [0, 0.05) is 6.42 Å². The number of carbonyl (C=O) groups is 2. The summed E-state index contributed by atoms with van der Waals surface area (Å²) in [6.45, 7) is 2.15. The molecule has 0 aliphatic rings. The SMILES string of the molecule is Cc1ccccc1CCC(=O)NC(=O)OCc1ccccc1. The van der Waals surface area contributed by atoms with Crippen LogP contribution in [0.3, 0.4) is 0 Å². The third kappa shape index (κ3) is 5.05. The first-order chi connectivity index (χ1) is 10.6. The number of ether oxygens (including phenoxy) is 1. The number of amides is 2. The zero-order chi connectivity index (χ0) is 15.8. The highest BCUT2D eigenvalue weighted by Gasteiger charge is 2.09. The van der Waals surface area contributed by atoms with Crippen LogP contribution in [-0.2, 0) is 22.6 Å². The molecule has 2 amide bonds. The molecule has 4 heteroatoms. The summed E-state index contributed by atoms with van der Waals surface area (Å²) in [6, 6.07) is 17.2. The molecule has 0 saturated carbocycles. The van der Waals surface area contributed by atoms with Crippen LogP contribution in [0.15, 0.2) is 54.6 Å². The molecule has 2 aromatic carbocycles. The van der Waals surface area contributed by atoms with Gasteiger partial charge in [-0.1, -0.05) is 54.6 Å². The number of imide groups is 1. The monoisotopic (exact) mass is 297 g/mol. The zero-order valence-corrected chi connectivity index (χ0v) is 12.5. The average Bonchev–Trinajstić information content (AvgIpc) is 2.53. The van der Waals surface area contributed by atoms with E-state index in [1.54, 1.807) is 0 Å². The van der Waals surface area contributed by atoms with E-state index in [0.29, 0.717) is 6.42 Å². The lowest BCUT2D eigenvalue weighted by Crippen LogP contribution is -2.31. The van der Waals surface area contributed by atoms with E-state index in [2.05, 4.69) is 5.32 Å². The molecule has 0 fully saturated rings. The summed E-state index contributed by atoms with van der Waals surface area (Å²) in [5.74, 6) is -0.332. The van der Waals surface area contributed by atoms with Crippen LogP contribution in [0.4, 0.5) is 4.79 Å². The van der Waals surface area contributed by atoms with Crippen LogP contribution >= 0.6 is 0 Å². The van der Waals surface area contributed by atoms with Crippen molar-refractivity contribution in [3.63, 3.8) is 0 Å². The van der Waals surface area contributed by atoms with Gasteiger partial charge >= 0.3 is 6.09 Å². The fraction of sp³-hybridized carbons (Fsp3) is 0.222. The predicted octanol–water partition coefficient (Wildman–Crippen LogP) is 3.38. The number of carbonyl (C=O) groups excluding carboxylic acids is 2. The topological polar surface area (TPSA) is 55.4 Å². The number of benzene rings is 2. The van der Waals surface area contributed by atoms with Gasteiger partial charge in [-0.05, 0) is 30.0 Å². The van der Waals surface area contributed by atoms with E-state index in [-0.39, 0.29) is 18.9 Å². The Hall–Kier alpha value is -2.62. The van der Waals surface area contributed by atoms with Gasteiger partial charge in [0.2, 0.25) is 5.91 Å². The van der Waals surface area contributed by atoms with E-state index in [9.17, 15) is 9.59 Å². The van der Waals surface area contributed by atoms with E-state index in [0.717, 1.165) is 16.7 Å². The first kappa shape index (κ1) is 15.8. The van der Waals surface area contributed by atoms with Crippen molar-refractivity contribution in [2.45, 2.75) is 26.4 Å². The van der Waals surface area contributed by atoms with E-state index >= 15 is 0 Å². The molecule has 2 rings (SSSR count). The largest absolute Gasteiger partial charge is 0.444 e. The second-order valence-corrected chi connectivity index (χ2v) is 5.04. The minimum absolute atomic E-state index is 0.151. The van der Waals surface area contributed by atoms with Gasteiger partial charge in [0.05, 0.1) is 0 Å². The van der Waals surface area contributed by atoms with Crippen LogP contribution in [0.25, 0.3) is 0 Å². The van der Waals surface area contributed by atoms with Gasteiger partial charge in [-0.25, -0.2) is 4.79 Å². The molecule has 2 aromatic rings. The normalized spacial score (nSPS) is 10.0. The Morgan fingerprint density at radius 1 is 1.00 bits per heavy atom. The van der Waals surface area contributed by atoms with Crippen LogP contribution in [0.2, 0.25) is 0 Å². The maximum Gasteiger partial charge on any atom is 0.414 e. The molecule has 0 unspecified atom stereocenters. The minimum Gasteiger partial charge on any atom is -0.444 e. The van der Waals surface area contributed by atoms with Crippen molar-refractivity contribution in [1.82, 2.24) is 5.32 Å². The van der Waals surface area contributed by atoms with Crippen LogP contribution in [0.5, 0.6) is 0 Å². The van der Waals surface area contributed by atoms with Crippen LogP contribution in [-0.4, -0.2) is 12.0 Å². The predicted molar refractivity (Wildman–Crippen MR) is 84.3 cm³/mol. The Kier molecular flexibility index (Phi) is 5.72. The molecule has 0 aliphatic carbocycles. The summed E-state index contributed by atoms with van der Waals surface area (Å²) in [6.07, 6.45) is 0.147. The van der Waals surface area contributed by atoms with Crippen molar-refractivity contribution >= 4 is 12.0 Å². The molecule has 1 N–H and O–H groups in total. The van der Waals surface area contributed by atoms with Crippen molar-refractivity contribution in [1.29, 1.82) is 0 Å². The van der Waals surface area contributed by atoms with E-state index in [1.807, 2.05) is 61.5 Å². The summed E-state index contributed by atoms with van der Waals surface area (Å²) in [7, 11) is 0. The second-order valence-electron chi connectivity index (χ2n) is 5.04. The molecular formula is C18H19NO3. The molecule has 0 heterocycles. The summed E-state index contributed by atoms with van der Waals surface area (Å²) < 4.78 is 5.00. The first-order valence-corrected chi connectivity index (χ1v) is 7.20. The quantitative estimate of drug-likeness (QED) is 0.920. The maximum atomic E-state index is 11.7. The minimum atomic E-state index is -0.710. The van der Waals surface area contributed by atoms with Gasteiger partial charge in [0.25, 0.3) is 0 Å². The lowest BCUT2D eigenvalue weighted by molar-refractivity contribution is -0.120. The highest BCUT2D eigenvalue weighted by atomic mass is 16.5. The molecule has 22 heavy (non-hydrogen) atoms. The summed E-state index contributed by atoms with van der Waals surface area (Å²) >= 11 is 0. The lowest BCUT2D eigenvalue weighted by Gasteiger charge is -2.07. The molecule has 0 aromatic heterocycles. The van der Waals surface area contributed by atoms with Gasteiger partial charge in [-0.3, -0.25) is 10.1 Å². The van der Waals surface area contributed by atoms with Crippen molar-refractivity contribution in [3.05, 3.63) is 71.3 Å². The van der Waals surface area contributed by atoms with Crippen LogP contribution in [0, 0.1) is 6.92 Å². The van der Waals surface area contributed by atoms with Crippen molar-refractivity contribution in [3.8, 4) is 0 Å². The molecular weight excluding hydrogens is 278 g/mol. The van der Waals surface area contributed by atoms with Crippen LogP contribution in [0.1, 0.15) is 23.1 Å². The number of alkyl carbamates (subject to hydrolysis) is 1. The van der Waals surface area contributed by atoms with Gasteiger partial charge in [-0.15, -0.1) is 0 Å². The molecule has 0 radical (unpaired) electrons. The zero-order valence-electron chi connectivity index (χ0n) is 12.5. The van der Waals surface area contributed by atoms with Crippen molar-refractivity contribution < 1.29 is 14.3 Å². The van der Waals surface area contributed by atoms with E-state index in [1.165, 1.54) is 0 Å². The van der Waals surface area contributed by atoms with E-state index in [4.69, 9.17) is 4.74 Å². The van der Waals surface area contributed by atoms with Gasteiger partial charge in [0.15, 0.2) is 0 Å². The number of aryl methyl sites for hydroxylation is 2. The fourth-order valence-corrected chi connectivity index (χ4v) is 2.07. The molecule has 114 valence electrons. The highest BCUT2D eigenvalue weighted by Crippen LogP contribution is 2.09. The third-order valence-electron chi connectivity index (χ3n) is 3.34. The summed E-state index contributed by atoms with van der Waals surface area (Å²) in [5.41, 5.74) is 3.13. The summed E-state index contributed by atoms with van der Waals surface area (Å²) in [5, 5.41) is 2.24. The highest BCUT2D eigenvalue weighted by molar-refractivity contribution is 5.91. The molecule has 0 saturated heterocycles. The molecule has 0 atom stereocenters. The Bertz CT molecular complexity index is 638. The lowest BCUT2D eigenvalue weighted by atomic mass is 10.0. The Labute approximate surface area is 130 Å². The standard InChI is InChI=1S/C18H19NO3/c1-14-7-5-6-10-16(14)11-12-17(20)19-18(21)22-13-15-8-3-2-4-9-15/h2-10H,11-13H2,1H3,(H,19,20,21). The molecule has 0 bridgehead atoms. The number of nitrogens with one attached hydrogen (secondary N) is 1. The third-order valence-corrected chi connectivity index (χ3v) is 3.34. The molecule has 4 nitrogen and oxygen atoms in total. The van der Waals surface area contributed by atoms with E-state index < -0.39 is 6.09 Å². The van der Waals surface area contributed by atoms with Gasteiger partial charge in [-0.2, -0.15) is 0 Å². The van der Waals surface area contributed by atoms with Gasteiger partial charge < -0.3 is 4.74 Å². The summed E-state index contributed by atoms with van der Waals surface area (Å²) in [4.78, 5) is 23.3. The van der Waals surface area contributed by atoms with Crippen molar-refractivity contribution in [2.75, 3.05) is 0 Å². The van der Waals surface area contributed by atoms with Crippen molar-refractivity contribution in [2.24, 2.45) is 0 Å². The van der Waals surface area contributed by atoms with Gasteiger partial charge in [0.1, 0.15) is 6.61 Å².